The summed E-state index contributed by atoms with van der Waals surface area (Å²) in [6, 6.07) is 10.4. The molecule has 5 nitrogen and oxygen atoms in total. The summed E-state index contributed by atoms with van der Waals surface area (Å²) in [7, 11) is 0. The van der Waals surface area contributed by atoms with Crippen LogP contribution in [-0.4, -0.2) is 56.5 Å². The number of aliphatic hydroxyl groups is 3. The Balaban J connectivity index is 1.28. The minimum atomic E-state index is -1.28. The first kappa shape index (κ1) is 29.3. The lowest BCUT2D eigenvalue weighted by Crippen LogP contribution is -2.41. The number of carbonyl (C=O) groups is 1. The fraction of sp³-hybridized carbons (Fsp3) is 0.629. The molecule has 1 aliphatic heterocycles. The maximum Gasteiger partial charge on any atom is 0.254 e. The minimum absolute atomic E-state index is 0.0716. The van der Waals surface area contributed by atoms with Crippen molar-refractivity contribution in [3.8, 4) is 0 Å². The molecule has 2 unspecified atom stereocenters. The van der Waals surface area contributed by atoms with Crippen LogP contribution in [-0.2, 0) is 11.2 Å². The van der Waals surface area contributed by atoms with E-state index in [0.29, 0.717) is 43.6 Å². The van der Waals surface area contributed by atoms with Crippen LogP contribution in [0.5, 0.6) is 0 Å². The monoisotopic (exact) mass is 547 g/mol. The smallest absolute Gasteiger partial charge is 0.254 e. The minimum Gasteiger partial charge on any atom is -0.393 e. The van der Waals surface area contributed by atoms with E-state index in [9.17, 15) is 20.1 Å². The molecule has 3 saturated carbocycles. The molecule has 0 radical (unpaired) electrons. The molecule has 4 fully saturated rings. The van der Waals surface area contributed by atoms with Gasteiger partial charge in [0.05, 0.1) is 12.2 Å². The van der Waals surface area contributed by atoms with Crippen LogP contribution in [0.2, 0.25) is 0 Å². The molecule has 1 aromatic carbocycles. The van der Waals surface area contributed by atoms with E-state index in [1.54, 1.807) is 6.92 Å². The van der Waals surface area contributed by atoms with Crippen molar-refractivity contribution >= 4 is 5.91 Å². The van der Waals surface area contributed by atoms with Crippen LogP contribution in [0.4, 0.5) is 0 Å². The molecule has 3 N–H and O–H groups in total. The molecule has 1 aromatic rings. The molecule has 8 atom stereocenters. The third kappa shape index (κ3) is 5.75. The second-order valence-electron chi connectivity index (χ2n) is 13.7. The highest BCUT2D eigenvalue weighted by atomic mass is 16.3. The summed E-state index contributed by atoms with van der Waals surface area (Å²) < 4.78 is 0. The van der Waals surface area contributed by atoms with Gasteiger partial charge in [-0.2, -0.15) is 0 Å². The van der Waals surface area contributed by atoms with E-state index in [4.69, 9.17) is 0 Å². The number of rotatable bonds is 7. The van der Waals surface area contributed by atoms with E-state index in [0.717, 1.165) is 30.4 Å². The predicted molar refractivity (Wildman–Crippen MR) is 159 cm³/mol. The number of benzene rings is 1. The molecular formula is C35H49NO4. The fourth-order valence-corrected chi connectivity index (χ4v) is 8.79. The first-order chi connectivity index (χ1) is 19.0. The van der Waals surface area contributed by atoms with Crippen molar-refractivity contribution in [2.24, 2.45) is 23.2 Å². The summed E-state index contributed by atoms with van der Waals surface area (Å²) in [5.41, 5.74) is 3.39. The second kappa shape index (κ2) is 11.6. The maximum absolute atomic E-state index is 13.2. The van der Waals surface area contributed by atoms with E-state index in [2.05, 4.69) is 44.7 Å². The Morgan fingerprint density at radius 3 is 2.65 bits per heavy atom. The van der Waals surface area contributed by atoms with E-state index in [1.165, 1.54) is 36.8 Å². The standard InChI is InChI=1S/C35H49NO4/c1-23(19-28-22-35(4,40)33(39)36(28)18-16-25-9-6-5-7-10-25)30-14-15-31-26(11-8-17-34(30,31)3)12-13-27-20-29(37)21-32(38)24(27)2/h5-7,9-10,12-13,23,28-32,37-38,40H,2,8,11,14-22H2,1,3-4H3/b26-12+,27-13-/t23-,28?,29-,30-,31+,32+,34-,35?/m1/s1. The fourth-order valence-electron chi connectivity index (χ4n) is 8.79. The zero-order valence-electron chi connectivity index (χ0n) is 24.7. The predicted octanol–water partition coefficient (Wildman–Crippen LogP) is 5.75. The summed E-state index contributed by atoms with van der Waals surface area (Å²) >= 11 is 0. The molecule has 218 valence electrons. The first-order valence-corrected chi connectivity index (χ1v) is 15.5. The molecule has 3 aliphatic carbocycles. The Labute approximate surface area is 240 Å². The van der Waals surface area contributed by atoms with Crippen LogP contribution in [0.25, 0.3) is 0 Å². The number of carbonyl (C=O) groups excluding carboxylic acids is 1. The van der Waals surface area contributed by atoms with E-state index >= 15 is 0 Å². The van der Waals surface area contributed by atoms with E-state index < -0.39 is 17.8 Å². The third-order valence-electron chi connectivity index (χ3n) is 10.9. The van der Waals surface area contributed by atoms with Gasteiger partial charge in [0.15, 0.2) is 0 Å². The molecule has 4 aliphatic rings. The van der Waals surface area contributed by atoms with Crippen molar-refractivity contribution in [2.45, 2.75) is 109 Å². The number of allylic oxidation sites excluding steroid dienone is 3. The van der Waals surface area contributed by atoms with E-state index in [-0.39, 0.29) is 17.4 Å². The summed E-state index contributed by atoms with van der Waals surface area (Å²) in [5, 5.41) is 31.4. The maximum atomic E-state index is 13.2. The Morgan fingerprint density at radius 2 is 1.90 bits per heavy atom. The molecule has 0 aromatic heterocycles. The molecule has 1 heterocycles. The van der Waals surface area contributed by atoms with Crippen molar-refractivity contribution < 1.29 is 20.1 Å². The summed E-state index contributed by atoms with van der Waals surface area (Å²) in [6.45, 7) is 11.3. The molecule has 0 spiro atoms. The van der Waals surface area contributed by atoms with Crippen LogP contribution in [0.15, 0.2) is 65.8 Å². The number of likely N-dealkylation sites (tertiary alicyclic amines) is 1. The lowest BCUT2D eigenvalue weighted by Gasteiger charge is -2.45. The van der Waals surface area contributed by atoms with Gasteiger partial charge in [-0.05, 0) is 98.2 Å². The van der Waals surface area contributed by atoms with Gasteiger partial charge in [0, 0.05) is 25.4 Å². The van der Waals surface area contributed by atoms with Gasteiger partial charge in [-0.15, -0.1) is 0 Å². The van der Waals surface area contributed by atoms with Crippen LogP contribution < -0.4 is 0 Å². The second-order valence-corrected chi connectivity index (χ2v) is 13.7. The number of aliphatic hydroxyl groups excluding tert-OH is 2. The van der Waals surface area contributed by atoms with Crippen molar-refractivity contribution in [1.82, 2.24) is 4.90 Å². The van der Waals surface area contributed by atoms with Gasteiger partial charge in [-0.25, -0.2) is 0 Å². The Hall–Kier alpha value is -2.21. The SMILES string of the molecule is C=C1/C(=C\C=C2/CCC[C@]3(C)[C@@H]([C@H](C)CC4CC(C)(O)C(=O)N4CCc4ccccc4)CC[C@@H]23)C[C@@H](O)C[C@@H]1O. The van der Waals surface area contributed by atoms with Crippen molar-refractivity contribution in [3.05, 3.63) is 71.3 Å². The number of fused-ring (bicyclic) bond motifs is 1. The van der Waals surface area contributed by atoms with Crippen LogP contribution in [0.1, 0.15) is 84.1 Å². The quantitative estimate of drug-likeness (QED) is 0.406. The van der Waals surface area contributed by atoms with Crippen LogP contribution >= 0.6 is 0 Å². The van der Waals surface area contributed by atoms with Gasteiger partial charge < -0.3 is 20.2 Å². The van der Waals surface area contributed by atoms with Crippen molar-refractivity contribution in [3.63, 3.8) is 0 Å². The van der Waals surface area contributed by atoms with Gasteiger partial charge in [0.1, 0.15) is 5.60 Å². The van der Waals surface area contributed by atoms with Gasteiger partial charge >= 0.3 is 0 Å². The lowest BCUT2D eigenvalue weighted by atomic mass is 9.60. The molecule has 40 heavy (non-hydrogen) atoms. The van der Waals surface area contributed by atoms with Gasteiger partial charge in [-0.1, -0.05) is 68.5 Å². The highest BCUT2D eigenvalue weighted by Crippen LogP contribution is 2.60. The summed E-state index contributed by atoms with van der Waals surface area (Å²) in [6.07, 6.45) is 12.3. The van der Waals surface area contributed by atoms with Crippen molar-refractivity contribution in [1.29, 1.82) is 0 Å². The van der Waals surface area contributed by atoms with E-state index in [1.807, 2.05) is 23.1 Å². The zero-order valence-corrected chi connectivity index (χ0v) is 24.7. The highest BCUT2D eigenvalue weighted by molar-refractivity contribution is 5.87. The molecular weight excluding hydrogens is 498 g/mol. The normalized spacial score (nSPS) is 39.2. The average molecular weight is 548 g/mol. The number of nitrogens with zero attached hydrogens (tertiary/aromatic N) is 1. The van der Waals surface area contributed by atoms with Crippen LogP contribution in [0, 0.1) is 23.2 Å². The van der Waals surface area contributed by atoms with Crippen molar-refractivity contribution in [2.75, 3.05) is 6.54 Å². The van der Waals surface area contributed by atoms with Crippen LogP contribution in [0.3, 0.4) is 0 Å². The molecule has 1 amide bonds. The lowest BCUT2D eigenvalue weighted by molar-refractivity contribution is -0.142. The topological polar surface area (TPSA) is 81.0 Å². The molecule has 5 heteroatoms. The average Bonchev–Trinajstić information content (AvgIpc) is 3.37. The largest absolute Gasteiger partial charge is 0.393 e. The number of amides is 1. The highest BCUT2D eigenvalue weighted by Gasteiger charge is 2.53. The summed E-state index contributed by atoms with van der Waals surface area (Å²) in [5.74, 6) is 1.46. The number of hydrogen-bond donors (Lipinski definition) is 3. The third-order valence-corrected chi connectivity index (χ3v) is 10.9. The Morgan fingerprint density at radius 1 is 1.15 bits per heavy atom. The van der Waals surface area contributed by atoms with Gasteiger partial charge in [0.25, 0.3) is 5.91 Å². The Kier molecular flexibility index (Phi) is 8.48. The molecule has 1 saturated heterocycles. The number of hydrogen-bond acceptors (Lipinski definition) is 4. The molecule has 5 rings (SSSR count). The zero-order chi connectivity index (χ0) is 28.7. The van der Waals surface area contributed by atoms with Gasteiger partial charge in [0.2, 0.25) is 0 Å². The summed E-state index contributed by atoms with van der Waals surface area (Å²) in [4.78, 5) is 15.2. The molecule has 0 bridgehead atoms. The van der Waals surface area contributed by atoms with Gasteiger partial charge in [-0.3, -0.25) is 4.79 Å². The first-order valence-electron chi connectivity index (χ1n) is 15.5. The Bertz CT molecular complexity index is 1150.